The molecule has 30 nitrogen and oxygen atoms in total. The molecule has 0 radical (unpaired) electrons. The number of pyridine rings is 5. The summed E-state index contributed by atoms with van der Waals surface area (Å²) in [5.74, 6) is -4.79. The number of nitrogens with two attached hydrogens (primary N) is 1. The van der Waals surface area contributed by atoms with E-state index in [9.17, 15) is 57.9 Å². The summed E-state index contributed by atoms with van der Waals surface area (Å²) in [4.78, 5) is 121. The maximum atomic E-state index is 12.2. The van der Waals surface area contributed by atoms with Gasteiger partial charge in [-0.15, -0.1) is 0 Å². The van der Waals surface area contributed by atoms with Gasteiger partial charge in [0.1, 0.15) is 33.7 Å². The molecular weight excluding hydrogens is 1800 g/mol. The Morgan fingerprint density at radius 2 is 0.819 bits per heavy atom. The second kappa shape index (κ2) is 61.9. The number of carboxylic acid groups (broad SMARTS) is 3. The van der Waals surface area contributed by atoms with Crippen molar-refractivity contribution >= 4 is 121 Å². The van der Waals surface area contributed by atoms with Crippen LogP contribution < -0.4 is 55.1 Å². The van der Waals surface area contributed by atoms with Crippen LogP contribution in [0.3, 0.4) is 0 Å². The number of rotatable bonds is 25. The maximum Gasteiger partial charge on any atom is 1.00 e. The first-order chi connectivity index (χ1) is 58.7. The fourth-order valence-corrected chi connectivity index (χ4v) is 12.7. The van der Waals surface area contributed by atoms with Crippen molar-refractivity contribution < 1.29 is 143 Å². The molecule has 38 heteroatoms. The first-order valence-electron chi connectivity index (χ1n) is 39.3. The molecule has 0 aliphatic heterocycles. The maximum absolute atomic E-state index is 12.2. The average molecular weight is 1920 g/mol. The van der Waals surface area contributed by atoms with Crippen LogP contribution in [0.5, 0.6) is 23.0 Å². The van der Waals surface area contributed by atoms with E-state index >= 15 is 0 Å². The molecule has 9 N–H and O–H groups in total. The molecule has 5 aromatic heterocycles. The molecule has 0 atom stereocenters. The minimum Gasteiger partial charge on any atom is -0.870 e. The van der Waals surface area contributed by atoms with Crippen LogP contribution in [0, 0.1) is 61.3 Å². The zero-order valence-electron chi connectivity index (χ0n) is 76.4. The first kappa shape index (κ1) is 122. The van der Waals surface area contributed by atoms with E-state index in [1.54, 1.807) is 104 Å². The molecule has 0 aliphatic rings. The van der Waals surface area contributed by atoms with E-state index in [0.717, 1.165) is 104 Å². The number of methoxy groups -OCH3 is 3. The van der Waals surface area contributed by atoms with Crippen molar-refractivity contribution in [2.24, 2.45) is 11.7 Å². The van der Waals surface area contributed by atoms with E-state index in [4.69, 9.17) is 94.0 Å². The molecule has 0 spiro atoms. The molecule has 0 aliphatic carbocycles. The van der Waals surface area contributed by atoms with Crippen molar-refractivity contribution in [3.8, 4) is 56.8 Å². The predicted molar refractivity (Wildman–Crippen MR) is 493 cm³/mol. The minimum atomic E-state index is -3.22. The van der Waals surface area contributed by atoms with Crippen LogP contribution >= 0.6 is 73.7 Å². The molecule has 0 fully saturated rings. The normalized spacial score (nSPS) is 10.2. The number of nitrogens with one attached hydrogen (secondary N) is 1. The quantitative estimate of drug-likeness (QED) is 0.00531. The van der Waals surface area contributed by atoms with E-state index in [1.807, 2.05) is 109 Å². The number of nitrogens with zero attached hydrogens (tertiary/aromatic N) is 4. The van der Waals surface area contributed by atoms with E-state index in [0.29, 0.717) is 117 Å². The number of aromatic nitrogens is 5. The number of aryl methyl sites for hydroxylation is 10. The molecular formula is C89H118Cl6N6NaO24P. The molecule has 0 unspecified atom stereocenters. The summed E-state index contributed by atoms with van der Waals surface area (Å²) in [5.41, 5.74) is 21.9. The van der Waals surface area contributed by atoms with Gasteiger partial charge in [0.15, 0.2) is 5.92 Å². The number of ether oxygens (including phenoxy) is 8. The van der Waals surface area contributed by atoms with Gasteiger partial charge in [-0.05, 0) is 269 Å². The number of esters is 5. The van der Waals surface area contributed by atoms with Crippen LogP contribution in [0.25, 0.3) is 33.8 Å². The number of hydrogen-bond donors (Lipinski definition) is 7. The van der Waals surface area contributed by atoms with Crippen LogP contribution in [0.15, 0.2) is 83.3 Å². The van der Waals surface area contributed by atoms with Gasteiger partial charge in [-0.1, -0.05) is 76.3 Å². The van der Waals surface area contributed by atoms with Gasteiger partial charge < -0.3 is 79.6 Å². The smallest absolute Gasteiger partial charge is 0.870 e. The van der Waals surface area contributed by atoms with Gasteiger partial charge in [0.25, 0.3) is 5.56 Å². The molecule has 0 bridgehead atoms. The summed E-state index contributed by atoms with van der Waals surface area (Å²) in [6, 6.07) is 21.2. The number of aromatic hydroxyl groups is 1. The number of aromatic amines is 1. The number of H-pyrrole nitrogens is 1. The monoisotopic (exact) mass is 1920 g/mol. The summed E-state index contributed by atoms with van der Waals surface area (Å²) in [5, 5.41) is 40.3. The SMILES string of the molecule is CCC(C(=O)O)C(=O)O.CCOC(=O)/C=C(\C)N.CCOC(=O)c1c(C)[nH]c(=O)c(CC)c1O.CCOC(=O)c1c(C)nc(-c2ccc(OC)cc2C)c(CC)c1Cl.CCOC(=O)c1c(C)nc(Cl)c(CC)c1Cl.CCOC(=O)c1cc(CC)c(-c2ccc(OC)cc2C)nc1C.CCc1cc(C(=O)O)c(C)nc1-c1ccc(OC)cc1C.CO.O=P(Cl)(Cl)Cl.[HH].[Na+].[OH-]. The number of aromatic carboxylic acids is 1. The van der Waals surface area contributed by atoms with Gasteiger partial charge in [-0.3, -0.25) is 33.9 Å². The van der Waals surface area contributed by atoms with Crippen molar-refractivity contribution in [2.75, 3.05) is 61.5 Å². The van der Waals surface area contributed by atoms with Gasteiger partial charge in [-0.25, -0.2) is 33.8 Å². The van der Waals surface area contributed by atoms with Crippen molar-refractivity contribution in [3.05, 3.63) is 205 Å². The second-order valence-corrected chi connectivity index (χ2v) is 33.8. The Morgan fingerprint density at radius 3 is 1.13 bits per heavy atom. The Morgan fingerprint density at radius 1 is 0.488 bits per heavy atom. The number of aliphatic hydroxyl groups is 1. The van der Waals surface area contributed by atoms with E-state index in [2.05, 4.69) is 65.3 Å². The number of carbonyl (C=O) groups is 8. The third-order valence-electron chi connectivity index (χ3n) is 17.5. The fourth-order valence-electron chi connectivity index (χ4n) is 11.5. The Labute approximate surface area is 795 Å². The molecule has 696 valence electrons. The molecule has 8 aromatic rings. The van der Waals surface area contributed by atoms with Gasteiger partial charge in [0, 0.05) is 48.3 Å². The average Bonchev–Trinajstić information content (AvgIpc) is 0.774. The van der Waals surface area contributed by atoms with Gasteiger partial charge in [0.2, 0.25) is 0 Å². The molecule has 5 heterocycles. The standard InChI is InChI=1S/C19H22ClNO3.C19H23NO3.C17H19NO3.C11H13Cl2NO2.C11H15NO4.C6H11NO2.C5H8O4.CH4O.Cl3OP.Na.H2O.H2/c1-6-14-17(20)16(19(22)24-7-2)12(4)21-18(14)15-9-8-13(23-5)10-11(15)3;1-6-14-11-17(19(21)23-7-2)13(4)20-18(14)16-9-8-15(22-5)10-12(16)3;1-5-12-9-15(17(19)20)11(3)18-16(12)14-7-6-13(21-4)8-10(14)2;1-4-7-9(12)8(11(15)16-5-2)6(3)14-10(7)13;1-4-7-9(13)8(11(15)16-5-2)6(3)12-10(7)14;1-3-9-6(8)4-5(2)7;1-2-3(4(6)7)5(8)9;1-2;1-5(2,3)4;;;/h8-10H,6-7H2,1-5H3;8-11H,6-7H2,1-5H3;6-9H,5H2,1-4H3,(H,19,20);4-5H2,1-3H3;4-5H2,1-3H3,(H2,12,13,14);4H,3,7H2,1-2H3;3H,2H2,1H3,(H,6,7)(H,8,9);2H,1H3;;;1H2;1H/q;;;;;;;;;+1;;/p-1/b;;;;;5-4+;;;;;;. The minimum absolute atomic E-state index is 0. The molecule has 0 amide bonds. The van der Waals surface area contributed by atoms with Crippen molar-refractivity contribution in [2.45, 2.75) is 177 Å². The van der Waals surface area contributed by atoms with E-state index in [1.165, 1.54) is 13.0 Å². The zero-order valence-corrected chi connectivity index (χ0v) is 83.8. The van der Waals surface area contributed by atoms with Gasteiger partial charge >= 0.3 is 82.5 Å². The number of hydrogen-bond acceptors (Lipinski definition) is 26. The largest absolute Gasteiger partial charge is 1.00 e. The Hall–Kier alpha value is -9.40. The fraction of sp³-hybridized carbons (Fsp3) is 0.404. The summed E-state index contributed by atoms with van der Waals surface area (Å²) in [7, 11) is 5.93. The number of benzene rings is 3. The number of halogens is 6. The summed E-state index contributed by atoms with van der Waals surface area (Å²) in [6.07, 6.45) is 4.55. The number of carbonyl (C=O) groups excluding carboxylic acids is 5. The summed E-state index contributed by atoms with van der Waals surface area (Å²) < 4.78 is 49.8. The molecule has 0 saturated heterocycles. The van der Waals surface area contributed by atoms with E-state index < -0.39 is 46.9 Å². The summed E-state index contributed by atoms with van der Waals surface area (Å²) in [6.45, 7) is 37.8. The third-order valence-corrected chi connectivity index (χ3v) is 18.7. The number of carboxylic acids is 3. The van der Waals surface area contributed by atoms with Gasteiger partial charge in [0.05, 0.1) is 132 Å². The van der Waals surface area contributed by atoms with E-state index in [-0.39, 0.29) is 89.4 Å². The summed E-state index contributed by atoms with van der Waals surface area (Å²) >= 11 is 32.5. The molecule has 127 heavy (non-hydrogen) atoms. The first-order valence-corrected chi connectivity index (χ1v) is 44.8. The topological polar surface area (TPSA) is 469 Å². The van der Waals surface area contributed by atoms with Crippen LogP contribution in [0.2, 0.25) is 15.2 Å². The zero-order chi connectivity index (χ0) is 96.2. The van der Waals surface area contributed by atoms with Gasteiger partial charge in [-0.2, -0.15) is 0 Å². The number of aliphatic carboxylic acids is 2. The van der Waals surface area contributed by atoms with Crippen LogP contribution in [-0.4, -0.2) is 165 Å². The number of aliphatic hydroxyl groups excluding tert-OH is 1. The third kappa shape index (κ3) is 38.8. The number of allylic oxidation sites excluding steroid dienone is 1. The van der Waals surface area contributed by atoms with Crippen LogP contribution in [0.1, 0.15) is 216 Å². The Bertz CT molecular complexity index is 5150. The van der Waals surface area contributed by atoms with Crippen molar-refractivity contribution in [1.29, 1.82) is 0 Å². The molecule has 3 aromatic carbocycles. The Balaban J connectivity index is -0.000000704. The van der Waals surface area contributed by atoms with Crippen LogP contribution in [0.4, 0.5) is 0 Å². The predicted octanol–water partition coefficient (Wildman–Crippen LogP) is 17.2. The Kier molecular flexibility index (Phi) is 59.4. The molecule has 0 saturated carbocycles. The van der Waals surface area contributed by atoms with Crippen LogP contribution in [-0.2, 0) is 74.7 Å². The second-order valence-electron chi connectivity index (χ2n) is 26.1. The molecule has 8 rings (SSSR count). The van der Waals surface area contributed by atoms with Crippen molar-refractivity contribution in [3.63, 3.8) is 0 Å². The van der Waals surface area contributed by atoms with Crippen molar-refractivity contribution in [1.82, 2.24) is 24.9 Å².